The average Bonchev–Trinajstić information content (AvgIpc) is 3.13. The van der Waals surface area contributed by atoms with Crippen molar-refractivity contribution in [1.82, 2.24) is 14.7 Å². The van der Waals surface area contributed by atoms with Gasteiger partial charge >= 0.3 is 47.8 Å². The zero-order chi connectivity index (χ0) is 72.3. The predicted octanol–water partition coefficient (Wildman–Crippen LogP) is 16.9. The predicted molar refractivity (Wildman–Crippen MR) is 391 cm³/mol. The van der Waals surface area contributed by atoms with E-state index in [9.17, 15) is 38.4 Å². The van der Waals surface area contributed by atoms with Crippen molar-refractivity contribution < 1.29 is 76.3 Å². The molecule has 19 nitrogen and oxygen atoms in total. The largest absolute Gasteiger partial charge is 0.462 e. The minimum absolute atomic E-state index is 0.00843. The molecule has 4 unspecified atom stereocenters. The Morgan fingerprint density at radius 1 is 0.224 bits per heavy atom. The Bertz CT molecular complexity index is 1700. The van der Waals surface area contributed by atoms with Crippen LogP contribution < -0.4 is 0 Å². The van der Waals surface area contributed by atoms with Crippen LogP contribution in [0.1, 0.15) is 325 Å². The van der Waals surface area contributed by atoms with E-state index in [0.29, 0.717) is 115 Å². The fourth-order valence-corrected chi connectivity index (χ4v) is 12.4. The molecule has 98 heavy (non-hydrogen) atoms. The van der Waals surface area contributed by atoms with E-state index in [2.05, 4.69) is 60.3 Å². The maximum absolute atomic E-state index is 13.1. The molecule has 0 aromatic rings. The third-order valence-corrected chi connectivity index (χ3v) is 18.5. The van der Waals surface area contributed by atoms with Gasteiger partial charge in [-0.15, -0.1) is 0 Å². The highest BCUT2D eigenvalue weighted by Gasteiger charge is 2.21. The molecule has 0 heterocycles. The molecule has 0 aliphatic rings. The molecular weight excluding hydrogens is 1250 g/mol. The molecule has 0 aromatic carbocycles. The second-order valence-electron chi connectivity index (χ2n) is 27.7. The first kappa shape index (κ1) is 93.6. The van der Waals surface area contributed by atoms with Crippen molar-refractivity contribution in [2.75, 3.05) is 112 Å². The van der Waals surface area contributed by atoms with E-state index in [1.54, 1.807) is 0 Å². The molecule has 0 saturated carbocycles. The quantitative estimate of drug-likeness (QED) is 0.0314. The molecule has 0 spiro atoms. The minimum Gasteiger partial charge on any atom is -0.462 e. The Hall–Kier alpha value is -4.36. The Balaban J connectivity index is 5.79. The van der Waals surface area contributed by atoms with Gasteiger partial charge in [0, 0.05) is 51.9 Å². The van der Waals surface area contributed by atoms with Crippen molar-refractivity contribution in [3.05, 3.63) is 0 Å². The molecule has 0 fully saturated rings. The minimum atomic E-state index is -0.431. The Kier molecular flexibility index (Phi) is 65.4. The van der Waals surface area contributed by atoms with E-state index in [1.807, 2.05) is 16.8 Å². The average molecular weight is 1400 g/mol. The molecule has 0 N–H and O–H groups in total. The van der Waals surface area contributed by atoms with Gasteiger partial charge in [-0.25, -0.2) is 0 Å². The molecule has 574 valence electrons. The van der Waals surface area contributed by atoms with Gasteiger partial charge in [-0.2, -0.15) is 0 Å². The maximum atomic E-state index is 13.1. The van der Waals surface area contributed by atoms with E-state index in [4.69, 9.17) is 37.9 Å². The first-order chi connectivity index (χ1) is 47.5. The first-order valence-electron chi connectivity index (χ1n) is 39.9. The van der Waals surface area contributed by atoms with Gasteiger partial charge in [0.1, 0.15) is 52.9 Å². The van der Waals surface area contributed by atoms with Crippen LogP contribution in [0.3, 0.4) is 0 Å². The van der Waals surface area contributed by atoms with E-state index in [0.717, 1.165) is 154 Å². The summed E-state index contributed by atoms with van der Waals surface area (Å²) in [4.78, 5) is 110. The van der Waals surface area contributed by atoms with Crippen molar-refractivity contribution >= 4 is 47.8 Å². The van der Waals surface area contributed by atoms with Gasteiger partial charge in [0.15, 0.2) is 0 Å². The number of unbranched alkanes of at least 4 members (excludes halogenated alkanes) is 16. The summed E-state index contributed by atoms with van der Waals surface area (Å²) in [6, 6.07) is 0. The van der Waals surface area contributed by atoms with E-state index < -0.39 is 23.9 Å². The van der Waals surface area contributed by atoms with Crippen LogP contribution >= 0.6 is 0 Å². The monoisotopic (exact) mass is 1390 g/mol. The number of hydrogen-bond acceptors (Lipinski definition) is 19. The molecule has 0 saturated heterocycles. The van der Waals surface area contributed by atoms with Crippen LogP contribution in [-0.2, 0) is 76.3 Å². The standard InChI is InChI=1S/C79H147N3O16/c1-10-18-26-30-40-68(36-22-14-5)64-76(87)95-60-56-91-72(83)44-52-81(53-45-73(84)92-57-61-96-77(88)65-69(37-23-15-6)41-31-27-19-11-2)50-34-48-80(9)49-35-51-82(54-46-74(85)93-58-62-97-78(89)66-70(38-24-16-7)42-32-28-20-12-3)55-47-75(86)94-59-63-98-79(90)67-71(39-25-17-8)43-33-29-21-13-4/h68-71H,10-67H2,1-9H3. The van der Waals surface area contributed by atoms with Gasteiger partial charge < -0.3 is 52.6 Å². The van der Waals surface area contributed by atoms with Gasteiger partial charge in [0.05, 0.1) is 25.7 Å². The normalized spacial score (nSPS) is 12.7. The fraction of sp³-hybridized carbons (Fsp3) is 0.899. The molecule has 19 heteroatoms. The van der Waals surface area contributed by atoms with E-state index in [1.165, 1.54) is 51.4 Å². The van der Waals surface area contributed by atoms with Gasteiger partial charge in [-0.05, 0) is 121 Å². The van der Waals surface area contributed by atoms with Crippen molar-refractivity contribution in [3.8, 4) is 0 Å². The lowest BCUT2D eigenvalue weighted by molar-refractivity contribution is -0.153. The Morgan fingerprint density at radius 3 is 0.622 bits per heavy atom. The lowest BCUT2D eigenvalue weighted by Gasteiger charge is -2.25. The summed E-state index contributed by atoms with van der Waals surface area (Å²) in [5.41, 5.74) is 0. The lowest BCUT2D eigenvalue weighted by atomic mass is 9.92. The summed E-state index contributed by atoms with van der Waals surface area (Å²) < 4.78 is 44.1. The smallest absolute Gasteiger partial charge is 0.307 e. The second-order valence-corrected chi connectivity index (χ2v) is 27.7. The van der Waals surface area contributed by atoms with Crippen molar-refractivity contribution in [2.45, 2.75) is 325 Å². The summed E-state index contributed by atoms with van der Waals surface area (Å²) >= 11 is 0. The summed E-state index contributed by atoms with van der Waals surface area (Å²) in [5, 5.41) is 0. The molecule has 0 rings (SSSR count). The molecule has 0 aliphatic heterocycles. The number of esters is 8. The zero-order valence-corrected chi connectivity index (χ0v) is 64.2. The summed E-state index contributed by atoms with van der Waals surface area (Å²) in [7, 11) is 2.02. The highest BCUT2D eigenvalue weighted by atomic mass is 16.6. The number of rotatable bonds is 72. The van der Waals surface area contributed by atoms with Crippen molar-refractivity contribution in [3.63, 3.8) is 0 Å². The van der Waals surface area contributed by atoms with Gasteiger partial charge in [-0.1, -0.05) is 209 Å². The number of nitrogens with zero attached hydrogens (tertiary/aromatic N) is 3. The molecular formula is C79H147N3O16. The zero-order valence-electron chi connectivity index (χ0n) is 64.2. The summed E-state index contributed by atoms with van der Waals surface area (Å²) in [6.45, 7) is 21.0. The van der Waals surface area contributed by atoms with Gasteiger partial charge in [0.25, 0.3) is 0 Å². The second kappa shape index (κ2) is 68.4. The highest BCUT2D eigenvalue weighted by molar-refractivity contribution is 5.73. The van der Waals surface area contributed by atoms with Crippen LogP contribution in [0, 0.1) is 23.7 Å². The van der Waals surface area contributed by atoms with E-state index in [-0.39, 0.29) is 102 Å². The van der Waals surface area contributed by atoms with Crippen molar-refractivity contribution in [2.24, 2.45) is 23.7 Å². The number of carbonyl (C=O) groups excluding carboxylic acids is 8. The fourth-order valence-electron chi connectivity index (χ4n) is 12.4. The molecule has 0 bridgehead atoms. The van der Waals surface area contributed by atoms with Crippen LogP contribution in [0.25, 0.3) is 0 Å². The lowest BCUT2D eigenvalue weighted by Crippen LogP contribution is -2.34. The topological polar surface area (TPSA) is 220 Å². The third kappa shape index (κ3) is 60.4. The molecule has 4 atom stereocenters. The van der Waals surface area contributed by atoms with Gasteiger partial charge in [-0.3, -0.25) is 38.4 Å². The third-order valence-electron chi connectivity index (χ3n) is 18.5. The van der Waals surface area contributed by atoms with Crippen LogP contribution in [0.4, 0.5) is 0 Å². The van der Waals surface area contributed by atoms with Crippen LogP contribution in [0.5, 0.6) is 0 Å². The Labute approximate surface area is 597 Å². The Morgan fingerprint density at radius 2 is 0.418 bits per heavy atom. The molecule has 0 radical (unpaired) electrons. The molecule has 0 aliphatic carbocycles. The van der Waals surface area contributed by atoms with E-state index >= 15 is 0 Å². The number of ether oxygens (including phenoxy) is 8. The van der Waals surface area contributed by atoms with Crippen LogP contribution in [0.2, 0.25) is 0 Å². The first-order valence-corrected chi connectivity index (χ1v) is 39.9. The molecule has 0 aromatic heterocycles. The maximum Gasteiger partial charge on any atom is 0.307 e. The van der Waals surface area contributed by atoms with Crippen LogP contribution in [-0.4, -0.2) is 175 Å². The molecule has 0 amide bonds. The van der Waals surface area contributed by atoms with Crippen LogP contribution in [0.15, 0.2) is 0 Å². The van der Waals surface area contributed by atoms with Crippen molar-refractivity contribution in [1.29, 1.82) is 0 Å². The highest BCUT2D eigenvalue weighted by Crippen LogP contribution is 2.25. The van der Waals surface area contributed by atoms with Gasteiger partial charge in [0.2, 0.25) is 0 Å². The SMILES string of the molecule is CCCCCCC(CCCC)CC(=O)OCCOC(=O)CCN(CCCN(C)CCCN(CCC(=O)OCCOC(=O)CC(CCCC)CCCCCC)CCC(=O)OCCOC(=O)CC(CCCC)CCCCCC)CCC(=O)OCCOC(=O)CC(CCCC)CCCCCC. The summed E-state index contributed by atoms with van der Waals surface area (Å²) in [5.74, 6) is -1.61. The summed E-state index contributed by atoms with van der Waals surface area (Å²) in [6.07, 6.45) is 38.4. The number of carbonyl (C=O) groups is 8. The number of hydrogen-bond donors (Lipinski definition) is 0.